The molecule has 6 nitrogen and oxygen atoms in total. The first kappa shape index (κ1) is 17.8. The predicted molar refractivity (Wildman–Crippen MR) is 102 cm³/mol. The largest absolute Gasteiger partial charge is 0.497 e. The summed E-state index contributed by atoms with van der Waals surface area (Å²) in [5.74, 6) is 2.19. The molecule has 6 heteroatoms. The average Bonchev–Trinajstić information content (AvgIpc) is 3.12. The van der Waals surface area contributed by atoms with E-state index in [9.17, 15) is 4.79 Å². The van der Waals surface area contributed by atoms with Gasteiger partial charge in [0, 0.05) is 12.2 Å². The number of rotatable bonds is 5. The maximum Gasteiger partial charge on any atom is 0.327 e. The summed E-state index contributed by atoms with van der Waals surface area (Å²) in [5, 5.41) is 2.88. The SMILES string of the molecule is COc1ccc(NC(=O)N2CCN=C2COc2cccc(C)c2C)cc1. The van der Waals surface area contributed by atoms with Crippen molar-refractivity contribution in [1.29, 1.82) is 0 Å². The van der Waals surface area contributed by atoms with Gasteiger partial charge in [0.15, 0.2) is 0 Å². The fraction of sp³-hybridized carbons (Fsp3) is 0.300. The summed E-state index contributed by atoms with van der Waals surface area (Å²) in [6.45, 7) is 5.47. The third kappa shape index (κ3) is 3.96. The number of anilines is 1. The normalized spacial score (nSPS) is 13.3. The molecule has 0 radical (unpaired) electrons. The molecule has 0 spiro atoms. The molecule has 2 amide bonds. The molecule has 0 bridgehead atoms. The number of aryl methyl sites for hydroxylation is 1. The number of hydrogen-bond acceptors (Lipinski definition) is 4. The van der Waals surface area contributed by atoms with Gasteiger partial charge in [-0.1, -0.05) is 12.1 Å². The van der Waals surface area contributed by atoms with E-state index in [-0.39, 0.29) is 12.6 Å². The van der Waals surface area contributed by atoms with Gasteiger partial charge in [0.25, 0.3) is 0 Å². The van der Waals surface area contributed by atoms with Crippen molar-refractivity contribution in [2.24, 2.45) is 4.99 Å². The summed E-state index contributed by atoms with van der Waals surface area (Å²) in [4.78, 5) is 18.6. The molecule has 3 rings (SSSR count). The zero-order valence-electron chi connectivity index (χ0n) is 15.3. The van der Waals surface area contributed by atoms with Gasteiger partial charge in [-0.2, -0.15) is 0 Å². The maximum absolute atomic E-state index is 12.6. The highest BCUT2D eigenvalue weighted by molar-refractivity contribution is 6.04. The fourth-order valence-corrected chi connectivity index (χ4v) is 2.72. The highest BCUT2D eigenvalue weighted by atomic mass is 16.5. The van der Waals surface area contributed by atoms with Crippen LogP contribution in [0.3, 0.4) is 0 Å². The van der Waals surface area contributed by atoms with Gasteiger partial charge in [-0.25, -0.2) is 4.79 Å². The molecule has 26 heavy (non-hydrogen) atoms. The standard InChI is InChI=1S/C20H23N3O3/c1-14-5-4-6-18(15(14)2)26-13-19-21-11-12-23(19)20(24)22-16-7-9-17(25-3)10-8-16/h4-10H,11-13H2,1-3H3,(H,22,24). The van der Waals surface area contributed by atoms with Gasteiger partial charge in [0.05, 0.1) is 13.7 Å². The van der Waals surface area contributed by atoms with Crippen LogP contribution in [0.1, 0.15) is 11.1 Å². The molecule has 1 aliphatic rings. The molecule has 0 fully saturated rings. The molecule has 136 valence electrons. The van der Waals surface area contributed by atoms with Crippen LogP contribution in [0, 0.1) is 13.8 Å². The molecule has 2 aromatic carbocycles. The monoisotopic (exact) mass is 353 g/mol. The first-order chi connectivity index (χ1) is 12.6. The number of ether oxygens (including phenoxy) is 2. The maximum atomic E-state index is 12.6. The van der Waals surface area contributed by atoms with Gasteiger partial charge in [0.2, 0.25) is 0 Å². The van der Waals surface area contributed by atoms with Crippen LogP contribution < -0.4 is 14.8 Å². The summed E-state index contributed by atoms with van der Waals surface area (Å²) >= 11 is 0. The van der Waals surface area contributed by atoms with Crippen LogP contribution >= 0.6 is 0 Å². The summed E-state index contributed by atoms with van der Waals surface area (Å²) in [6.07, 6.45) is 0. The van der Waals surface area contributed by atoms with Gasteiger partial charge < -0.3 is 14.8 Å². The number of nitrogens with one attached hydrogen (secondary N) is 1. The summed E-state index contributed by atoms with van der Waals surface area (Å²) in [6, 6.07) is 12.9. The highest BCUT2D eigenvalue weighted by Crippen LogP contribution is 2.21. The Labute approximate surface area is 153 Å². The number of carbonyl (C=O) groups is 1. The van der Waals surface area contributed by atoms with Gasteiger partial charge in [0.1, 0.15) is 23.9 Å². The van der Waals surface area contributed by atoms with E-state index < -0.39 is 0 Å². The smallest absolute Gasteiger partial charge is 0.327 e. The van der Waals surface area contributed by atoms with Crippen LogP contribution in [0.15, 0.2) is 47.5 Å². The van der Waals surface area contributed by atoms with E-state index in [2.05, 4.69) is 10.3 Å². The number of benzene rings is 2. The first-order valence-electron chi connectivity index (χ1n) is 8.53. The van der Waals surface area contributed by atoms with Gasteiger partial charge in [-0.3, -0.25) is 9.89 Å². The van der Waals surface area contributed by atoms with E-state index >= 15 is 0 Å². The Kier molecular flexibility index (Phi) is 5.41. The minimum absolute atomic E-state index is 0.212. The molecule has 0 aliphatic carbocycles. The van der Waals surface area contributed by atoms with Crippen molar-refractivity contribution in [3.63, 3.8) is 0 Å². The quantitative estimate of drug-likeness (QED) is 0.893. The minimum Gasteiger partial charge on any atom is -0.497 e. The number of urea groups is 1. The lowest BCUT2D eigenvalue weighted by atomic mass is 10.1. The molecule has 0 aromatic heterocycles. The second-order valence-corrected chi connectivity index (χ2v) is 6.09. The molecule has 1 heterocycles. The van der Waals surface area contributed by atoms with Crippen molar-refractivity contribution >= 4 is 17.6 Å². The minimum atomic E-state index is -0.212. The lowest BCUT2D eigenvalue weighted by molar-refractivity contribution is 0.234. The molecular weight excluding hydrogens is 330 g/mol. The van der Waals surface area contributed by atoms with Crippen molar-refractivity contribution < 1.29 is 14.3 Å². The lowest BCUT2D eigenvalue weighted by Crippen LogP contribution is -2.40. The summed E-state index contributed by atoms with van der Waals surface area (Å²) in [7, 11) is 1.61. The third-order valence-electron chi connectivity index (χ3n) is 4.43. The van der Waals surface area contributed by atoms with Gasteiger partial charge >= 0.3 is 6.03 Å². The predicted octanol–water partition coefficient (Wildman–Crippen LogP) is 3.64. The average molecular weight is 353 g/mol. The van der Waals surface area contributed by atoms with Gasteiger partial charge in [-0.15, -0.1) is 0 Å². The Hall–Kier alpha value is -3.02. The van der Waals surface area contributed by atoms with Crippen LogP contribution in [0.5, 0.6) is 11.5 Å². The summed E-state index contributed by atoms with van der Waals surface area (Å²) < 4.78 is 11.0. The number of hydrogen-bond donors (Lipinski definition) is 1. The summed E-state index contributed by atoms with van der Waals surface area (Å²) in [5.41, 5.74) is 2.97. The lowest BCUT2D eigenvalue weighted by Gasteiger charge is -2.20. The number of methoxy groups -OCH3 is 1. The van der Waals surface area contributed by atoms with Crippen LogP contribution in [0.25, 0.3) is 0 Å². The van der Waals surface area contributed by atoms with Crippen molar-refractivity contribution in [3.05, 3.63) is 53.6 Å². The van der Waals surface area contributed by atoms with Crippen molar-refractivity contribution in [1.82, 2.24) is 4.90 Å². The fourth-order valence-electron chi connectivity index (χ4n) is 2.72. The molecule has 0 atom stereocenters. The zero-order valence-corrected chi connectivity index (χ0v) is 15.3. The Morgan fingerprint density at radius 1 is 1.19 bits per heavy atom. The van der Waals surface area contributed by atoms with Gasteiger partial charge in [-0.05, 0) is 55.3 Å². The number of amidine groups is 1. The Bertz CT molecular complexity index is 816. The van der Waals surface area contributed by atoms with E-state index in [1.54, 1.807) is 36.3 Å². The molecule has 0 saturated carbocycles. The van der Waals surface area contributed by atoms with Crippen LogP contribution in [-0.4, -0.2) is 43.6 Å². The van der Waals surface area contributed by atoms with Crippen molar-refractivity contribution in [3.8, 4) is 11.5 Å². The molecular formula is C20H23N3O3. The molecule has 2 aromatic rings. The Balaban J connectivity index is 1.61. The second-order valence-electron chi connectivity index (χ2n) is 6.09. The number of nitrogens with zero attached hydrogens (tertiary/aromatic N) is 2. The second kappa shape index (κ2) is 7.91. The van der Waals surface area contributed by atoms with Crippen LogP contribution in [-0.2, 0) is 0 Å². The zero-order chi connectivity index (χ0) is 18.5. The van der Waals surface area contributed by atoms with Crippen molar-refractivity contribution in [2.75, 3.05) is 32.1 Å². The van der Waals surface area contributed by atoms with Crippen LogP contribution in [0.2, 0.25) is 0 Å². The molecule has 0 saturated heterocycles. The molecule has 1 aliphatic heterocycles. The third-order valence-corrected chi connectivity index (χ3v) is 4.43. The topological polar surface area (TPSA) is 63.2 Å². The number of amides is 2. The van der Waals surface area contributed by atoms with E-state index in [1.807, 2.05) is 32.0 Å². The van der Waals surface area contributed by atoms with E-state index in [4.69, 9.17) is 9.47 Å². The molecule has 0 unspecified atom stereocenters. The first-order valence-corrected chi connectivity index (χ1v) is 8.53. The van der Waals surface area contributed by atoms with Crippen molar-refractivity contribution in [2.45, 2.75) is 13.8 Å². The highest BCUT2D eigenvalue weighted by Gasteiger charge is 2.24. The Morgan fingerprint density at radius 3 is 2.69 bits per heavy atom. The van der Waals surface area contributed by atoms with E-state index in [0.717, 1.165) is 17.1 Å². The van der Waals surface area contributed by atoms with E-state index in [0.29, 0.717) is 24.6 Å². The number of carbonyl (C=O) groups excluding carboxylic acids is 1. The Morgan fingerprint density at radius 2 is 1.96 bits per heavy atom. The van der Waals surface area contributed by atoms with Crippen LogP contribution in [0.4, 0.5) is 10.5 Å². The number of aliphatic imine (C=N–C) groups is 1. The van der Waals surface area contributed by atoms with E-state index in [1.165, 1.54) is 5.56 Å². The molecule has 1 N–H and O–H groups in total.